The standard InChI is InChI=1S/C11H13N3O5S2/c1-21(18,19)14-11-6(4-5-20-11)9(16)12-7-2-3-8(15)13-10(7)17/h4-5,7,14H,2-3H2,1H3,(H,12,16)(H,13,15,17). The van der Waals surface area contributed by atoms with Crippen LogP contribution in [0.4, 0.5) is 5.00 Å². The van der Waals surface area contributed by atoms with E-state index in [4.69, 9.17) is 0 Å². The Labute approximate surface area is 125 Å². The number of carbonyl (C=O) groups is 3. The Balaban J connectivity index is 2.09. The van der Waals surface area contributed by atoms with Gasteiger partial charge in [0.15, 0.2) is 0 Å². The van der Waals surface area contributed by atoms with Crippen LogP contribution >= 0.6 is 11.3 Å². The van der Waals surface area contributed by atoms with Crippen molar-refractivity contribution in [2.24, 2.45) is 0 Å². The molecule has 0 bridgehead atoms. The average Bonchev–Trinajstić information content (AvgIpc) is 2.78. The molecule has 3 amide bonds. The van der Waals surface area contributed by atoms with Crippen LogP contribution in [0.2, 0.25) is 0 Å². The average molecular weight is 331 g/mol. The lowest BCUT2D eigenvalue weighted by Crippen LogP contribution is -2.52. The highest BCUT2D eigenvalue weighted by atomic mass is 32.2. The van der Waals surface area contributed by atoms with Crippen LogP contribution in [0.1, 0.15) is 23.2 Å². The van der Waals surface area contributed by atoms with E-state index in [1.54, 1.807) is 5.38 Å². The maximum atomic E-state index is 12.1. The molecule has 114 valence electrons. The molecular formula is C11H13N3O5S2. The molecule has 3 N–H and O–H groups in total. The van der Waals surface area contributed by atoms with Crippen LogP contribution in [0.5, 0.6) is 0 Å². The van der Waals surface area contributed by atoms with Crippen molar-refractivity contribution in [3.63, 3.8) is 0 Å². The van der Waals surface area contributed by atoms with Crippen LogP contribution < -0.4 is 15.4 Å². The van der Waals surface area contributed by atoms with E-state index in [2.05, 4.69) is 15.4 Å². The van der Waals surface area contributed by atoms with E-state index >= 15 is 0 Å². The number of sulfonamides is 1. The van der Waals surface area contributed by atoms with Crippen LogP contribution in [0.3, 0.4) is 0 Å². The molecule has 0 aromatic carbocycles. The number of hydrogen-bond acceptors (Lipinski definition) is 6. The van der Waals surface area contributed by atoms with Gasteiger partial charge >= 0.3 is 0 Å². The number of nitrogens with one attached hydrogen (secondary N) is 3. The van der Waals surface area contributed by atoms with Gasteiger partial charge in [0.1, 0.15) is 11.0 Å². The summed E-state index contributed by atoms with van der Waals surface area (Å²) in [5.41, 5.74) is 0.134. The van der Waals surface area contributed by atoms with Gasteiger partial charge < -0.3 is 5.32 Å². The number of imide groups is 1. The molecule has 1 aliphatic heterocycles. The zero-order chi connectivity index (χ0) is 15.6. The lowest BCUT2D eigenvalue weighted by atomic mass is 10.1. The second kappa shape index (κ2) is 5.82. The summed E-state index contributed by atoms with van der Waals surface area (Å²) < 4.78 is 24.7. The smallest absolute Gasteiger partial charge is 0.254 e. The van der Waals surface area contributed by atoms with Crippen molar-refractivity contribution in [1.82, 2.24) is 10.6 Å². The maximum absolute atomic E-state index is 12.1. The molecule has 1 aromatic heterocycles. The molecule has 10 heteroatoms. The highest BCUT2D eigenvalue weighted by Gasteiger charge is 2.29. The lowest BCUT2D eigenvalue weighted by Gasteiger charge is -2.21. The Kier molecular flexibility index (Phi) is 4.28. The summed E-state index contributed by atoms with van der Waals surface area (Å²) in [5.74, 6) is -1.51. The van der Waals surface area contributed by atoms with Crippen molar-refractivity contribution < 1.29 is 22.8 Å². The zero-order valence-corrected chi connectivity index (χ0v) is 12.6. The van der Waals surface area contributed by atoms with Crippen LogP contribution in [0.15, 0.2) is 11.4 Å². The normalized spacial score (nSPS) is 19.0. The molecule has 0 radical (unpaired) electrons. The first-order chi connectivity index (χ1) is 9.76. The summed E-state index contributed by atoms with van der Waals surface area (Å²) in [5, 5.41) is 6.36. The monoisotopic (exact) mass is 331 g/mol. The van der Waals surface area contributed by atoms with E-state index < -0.39 is 27.9 Å². The van der Waals surface area contributed by atoms with Gasteiger partial charge in [0.25, 0.3) is 5.91 Å². The lowest BCUT2D eigenvalue weighted by molar-refractivity contribution is -0.134. The fraction of sp³-hybridized carbons (Fsp3) is 0.364. The third-order valence-corrected chi connectivity index (χ3v) is 4.27. The van der Waals surface area contributed by atoms with Crippen LogP contribution in [0.25, 0.3) is 0 Å². The summed E-state index contributed by atoms with van der Waals surface area (Å²) in [6.45, 7) is 0. The van der Waals surface area contributed by atoms with Gasteiger partial charge in [0.2, 0.25) is 21.8 Å². The van der Waals surface area contributed by atoms with Crippen LogP contribution in [-0.4, -0.2) is 38.4 Å². The van der Waals surface area contributed by atoms with Gasteiger partial charge in [-0.25, -0.2) is 8.42 Å². The first-order valence-electron chi connectivity index (χ1n) is 5.96. The molecule has 8 nitrogen and oxygen atoms in total. The zero-order valence-electron chi connectivity index (χ0n) is 11.0. The fourth-order valence-electron chi connectivity index (χ4n) is 1.80. The number of amides is 3. The topological polar surface area (TPSA) is 121 Å². The Morgan fingerprint density at radius 1 is 1.43 bits per heavy atom. The Bertz CT molecular complexity index is 694. The Hall–Kier alpha value is -1.94. The Morgan fingerprint density at radius 3 is 2.76 bits per heavy atom. The highest BCUT2D eigenvalue weighted by molar-refractivity contribution is 7.92. The van der Waals surface area contributed by atoms with E-state index in [-0.39, 0.29) is 29.3 Å². The van der Waals surface area contributed by atoms with Crippen molar-refractivity contribution in [3.8, 4) is 0 Å². The van der Waals surface area contributed by atoms with Gasteiger partial charge in [0, 0.05) is 6.42 Å². The second-order valence-electron chi connectivity index (χ2n) is 4.51. The predicted molar refractivity (Wildman–Crippen MR) is 76.4 cm³/mol. The summed E-state index contributed by atoms with van der Waals surface area (Å²) >= 11 is 1.06. The number of carbonyl (C=O) groups excluding carboxylic acids is 3. The van der Waals surface area contributed by atoms with Gasteiger partial charge in [0.05, 0.1) is 11.8 Å². The van der Waals surface area contributed by atoms with Crippen molar-refractivity contribution in [3.05, 3.63) is 17.0 Å². The molecule has 0 saturated carbocycles. The first kappa shape index (κ1) is 15.4. The highest BCUT2D eigenvalue weighted by Crippen LogP contribution is 2.24. The SMILES string of the molecule is CS(=O)(=O)Nc1sccc1C(=O)NC1CCC(=O)NC1=O. The van der Waals surface area contributed by atoms with Crippen molar-refractivity contribution in [1.29, 1.82) is 0 Å². The summed E-state index contributed by atoms with van der Waals surface area (Å²) in [6.07, 6.45) is 1.35. The van der Waals surface area contributed by atoms with Gasteiger partial charge in [-0.1, -0.05) is 0 Å². The number of hydrogen-bond donors (Lipinski definition) is 3. The third kappa shape index (κ3) is 4.02. The number of rotatable bonds is 4. The summed E-state index contributed by atoms with van der Waals surface area (Å²) in [7, 11) is -3.50. The van der Waals surface area contributed by atoms with Crippen molar-refractivity contribution in [2.75, 3.05) is 11.0 Å². The quantitative estimate of drug-likeness (QED) is 0.651. The number of piperidine rings is 1. The molecule has 0 spiro atoms. The minimum Gasteiger partial charge on any atom is -0.340 e. The van der Waals surface area contributed by atoms with Gasteiger partial charge in [-0.05, 0) is 17.9 Å². The molecule has 21 heavy (non-hydrogen) atoms. The van der Waals surface area contributed by atoms with E-state index in [0.717, 1.165) is 17.6 Å². The molecule has 2 rings (SSSR count). The van der Waals surface area contributed by atoms with Crippen LogP contribution in [0, 0.1) is 0 Å². The summed E-state index contributed by atoms with van der Waals surface area (Å²) in [4.78, 5) is 34.7. The third-order valence-electron chi connectivity index (χ3n) is 2.73. The largest absolute Gasteiger partial charge is 0.340 e. The van der Waals surface area contributed by atoms with E-state index in [1.807, 2.05) is 0 Å². The minimum absolute atomic E-state index is 0.134. The van der Waals surface area contributed by atoms with E-state index in [9.17, 15) is 22.8 Å². The number of thiophene rings is 1. The molecule has 1 fully saturated rings. The Morgan fingerprint density at radius 2 is 2.14 bits per heavy atom. The van der Waals surface area contributed by atoms with Gasteiger partial charge in [-0.2, -0.15) is 0 Å². The van der Waals surface area contributed by atoms with Crippen molar-refractivity contribution >= 4 is 44.1 Å². The molecular weight excluding hydrogens is 318 g/mol. The molecule has 0 aliphatic carbocycles. The minimum atomic E-state index is -3.50. The first-order valence-corrected chi connectivity index (χ1v) is 8.73. The number of anilines is 1. The molecule has 1 aromatic rings. The van der Waals surface area contributed by atoms with E-state index in [0.29, 0.717) is 0 Å². The van der Waals surface area contributed by atoms with Gasteiger partial charge in [-0.3, -0.25) is 24.4 Å². The van der Waals surface area contributed by atoms with Crippen LogP contribution in [-0.2, 0) is 19.6 Å². The molecule has 1 unspecified atom stereocenters. The fourth-order valence-corrected chi connectivity index (χ4v) is 3.52. The van der Waals surface area contributed by atoms with Gasteiger partial charge in [-0.15, -0.1) is 11.3 Å². The summed E-state index contributed by atoms with van der Waals surface area (Å²) in [6, 6.07) is 0.653. The molecule has 1 saturated heterocycles. The molecule has 1 aliphatic rings. The molecule has 1 atom stereocenters. The maximum Gasteiger partial charge on any atom is 0.254 e. The predicted octanol–water partition coefficient (Wildman–Crippen LogP) is -0.345. The molecule has 2 heterocycles. The second-order valence-corrected chi connectivity index (χ2v) is 7.18. The van der Waals surface area contributed by atoms with Crippen molar-refractivity contribution in [2.45, 2.75) is 18.9 Å². The van der Waals surface area contributed by atoms with E-state index in [1.165, 1.54) is 6.07 Å².